The molecule has 160 valence electrons. The second-order valence-corrected chi connectivity index (χ2v) is 8.47. The molecule has 0 aliphatic carbocycles. The van der Waals surface area contributed by atoms with Crippen LogP contribution in [-0.4, -0.2) is 6.54 Å². The maximum atomic E-state index is 3.91. The van der Waals surface area contributed by atoms with E-state index in [1.165, 1.54) is 122 Å². The van der Waals surface area contributed by atoms with Gasteiger partial charge in [-0.05, 0) is 24.7 Å². The highest BCUT2D eigenvalue weighted by Crippen LogP contribution is 2.36. The Morgan fingerprint density at radius 3 is 1.00 bits per heavy atom. The summed E-state index contributed by atoms with van der Waals surface area (Å²) in [6.45, 7) is 8.28. The summed E-state index contributed by atoms with van der Waals surface area (Å²) in [5, 5.41) is 0. The number of quaternary nitrogens is 1. The molecule has 0 aliphatic heterocycles. The van der Waals surface area contributed by atoms with Crippen LogP contribution in [0.15, 0.2) is 0 Å². The molecule has 2 heteroatoms. The van der Waals surface area contributed by atoms with E-state index in [-0.39, 0.29) is 17.0 Å². The molecular formula is C24H52BrN. The second kappa shape index (κ2) is 21.7. The summed E-state index contributed by atoms with van der Waals surface area (Å²) >= 11 is 0. The van der Waals surface area contributed by atoms with Gasteiger partial charge in [-0.2, -0.15) is 0 Å². The van der Waals surface area contributed by atoms with Crippen molar-refractivity contribution in [2.24, 2.45) is 5.41 Å². The molecule has 0 saturated heterocycles. The standard InChI is InChI=1S/C24H51N.BrH/c1-4-24(5-2,6-3)22-20-18-16-14-12-10-8-7-9-11-13-15-17-19-21-23-25;/h4-23,25H2,1-3H3;1H. The SMILES string of the molecule is CCC(CC)(CC)CCCCCCCCCCCCCCCCC[NH3+].[Br-]. The third kappa shape index (κ3) is 16.6. The fourth-order valence-electron chi connectivity index (χ4n) is 4.26. The molecule has 0 aromatic rings. The van der Waals surface area contributed by atoms with Gasteiger partial charge < -0.3 is 22.7 Å². The molecule has 0 heterocycles. The van der Waals surface area contributed by atoms with Crippen molar-refractivity contribution in [3.05, 3.63) is 0 Å². The Morgan fingerprint density at radius 2 is 0.731 bits per heavy atom. The molecule has 26 heavy (non-hydrogen) atoms. The average Bonchev–Trinajstić information content (AvgIpc) is 2.65. The van der Waals surface area contributed by atoms with Crippen LogP contribution in [-0.2, 0) is 0 Å². The summed E-state index contributed by atoms with van der Waals surface area (Å²) in [6.07, 6.45) is 27.4. The van der Waals surface area contributed by atoms with Gasteiger partial charge in [0.25, 0.3) is 0 Å². The molecule has 1 nitrogen and oxygen atoms in total. The fraction of sp³-hybridized carbons (Fsp3) is 1.00. The number of unbranched alkanes of at least 4 members (excludes halogenated alkanes) is 14. The van der Waals surface area contributed by atoms with E-state index in [2.05, 4.69) is 26.5 Å². The molecule has 3 N–H and O–H groups in total. The number of hydrogen-bond acceptors (Lipinski definition) is 0. The summed E-state index contributed by atoms with van der Waals surface area (Å²) in [5.74, 6) is 0. The van der Waals surface area contributed by atoms with E-state index in [4.69, 9.17) is 0 Å². The molecule has 0 atom stereocenters. The summed E-state index contributed by atoms with van der Waals surface area (Å²) in [5.41, 5.74) is 4.57. The largest absolute Gasteiger partial charge is 1.00 e. The van der Waals surface area contributed by atoms with Crippen molar-refractivity contribution in [2.75, 3.05) is 6.54 Å². The monoisotopic (exact) mass is 433 g/mol. The van der Waals surface area contributed by atoms with E-state index in [1.54, 1.807) is 0 Å². The van der Waals surface area contributed by atoms with Crippen molar-refractivity contribution in [2.45, 2.75) is 143 Å². The van der Waals surface area contributed by atoms with Gasteiger partial charge in [0.15, 0.2) is 0 Å². The summed E-state index contributed by atoms with van der Waals surface area (Å²) in [6, 6.07) is 0. The molecule has 0 saturated carbocycles. The van der Waals surface area contributed by atoms with Gasteiger partial charge in [-0.3, -0.25) is 0 Å². The van der Waals surface area contributed by atoms with Crippen LogP contribution in [0.4, 0.5) is 0 Å². The third-order valence-corrected chi connectivity index (χ3v) is 6.71. The van der Waals surface area contributed by atoms with Gasteiger partial charge in [-0.15, -0.1) is 0 Å². The Bertz CT molecular complexity index is 242. The van der Waals surface area contributed by atoms with Crippen LogP contribution in [0.25, 0.3) is 0 Å². The highest BCUT2D eigenvalue weighted by molar-refractivity contribution is 4.74. The maximum absolute atomic E-state index is 3.91. The average molecular weight is 435 g/mol. The number of hydrogen-bond donors (Lipinski definition) is 1. The van der Waals surface area contributed by atoms with Gasteiger partial charge in [-0.1, -0.05) is 124 Å². The van der Waals surface area contributed by atoms with E-state index < -0.39 is 0 Å². The van der Waals surface area contributed by atoms with Gasteiger partial charge >= 0.3 is 0 Å². The topological polar surface area (TPSA) is 27.6 Å². The Balaban J connectivity index is 0. The first-order chi connectivity index (χ1) is 12.2. The quantitative estimate of drug-likeness (QED) is 0.269. The smallest absolute Gasteiger partial charge is 0.0739 e. The van der Waals surface area contributed by atoms with Crippen LogP contribution in [0, 0.1) is 5.41 Å². The van der Waals surface area contributed by atoms with Crippen molar-refractivity contribution in [3.8, 4) is 0 Å². The lowest BCUT2D eigenvalue weighted by Gasteiger charge is -2.30. The van der Waals surface area contributed by atoms with Crippen molar-refractivity contribution in [1.29, 1.82) is 0 Å². The van der Waals surface area contributed by atoms with Crippen molar-refractivity contribution >= 4 is 0 Å². The zero-order chi connectivity index (χ0) is 18.6. The van der Waals surface area contributed by atoms with Crippen LogP contribution in [0.5, 0.6) is 0 Å². The minimum atomic E-state index is 0. The van der Waals surface area contributed by atoms with E-state index in [9.17, 15) is 0 Å². The Morgan fingerprint density at radius 1 is 0.462 bits per heavy atom. The van der Waals surface area contributed by atoms with Gasteiger partial charge in [0.05, 0.1) is 6.54 Å². The molecule has 0 radical (unpaired) electrons. The lowest BCUT2D eigenvalue weighted by atomic mass is 9.75. The highest BCUT2D eigenvalue weighted by Gasteiger charge is 2.22. The van der Waals surface area contributed by atoms with Crippen LogP contribution in [0.1, 0.15) is 143 Å². The van der Waals surface area contributed by atoms with Gasteiger partial charge in [-0.25, -0.2) is 0 Å². The first-order valence-corrected chi connectivity index (χ1v) is 12.0. The maximum Gasteiger partial charge on any atom is 0.0739 e. The third-order valence-electron chi connectivity index (χ3n) is 6.71. The second-order valence-electron chi connectivity index (χ2n) is 8.47. The molecule has 0 aliphatic rings. The predicted octanol–water partition coefficient (Wildman–Crippen LogP) is 4.69. The van der Waals surface area contributed by atoms with E-state index in [0.29, 0.717) is 5.41 Å². The van der Waals surface area contributed by atoms with Crippen molar-refractivity contribution in [1.82, 2.24) is 0 Å². The number of halogens is 1. The Kier molecular flexibility index (Phi) is 24.0. The normalized spacial score (nSPS) is 11.5. The molecule has 0 fully saturated rings. The van der Waals surface area contributed by atoms with Crippen LogP contribution in [0.3, 0.4) is 0 Å². The summed E-state index contributed by atoms with van der Waals surface area (Å²) in [7, 11) is 0. The fourth-order valence-corrected chi connectivity index (χ4v) is 4.26. The van der Waals surface area contributed by atoms with Crippen molar-refractivity contribution < 1.29 is 22.7 Å². The number of rotatable bonds is 20. The Hall–Kier alpha value is 0.440. The first kappa shape index (κ1) is 28.6. The van der Waals surface area contributed by atoms with E-state index in [0.717, 1.165) is 6.54 Å². The molecule has 0 bridgehead atoms. The minimum absolute atomic E-state index is 0. The van der Waals surface area contributed by atoms with Crippen LogP contribution in [0.2, 0.25) is 0 Å². The molecular weight excluding hydrogens is 382 g/mol. The van der Waals surface area contributed by atoms with E-state index >= 15 is 0 Å². The van der Waals surface area contributed by atoms with Gasteiger partial charge in [0.1, 0.15) is 0 Å². The van der Waals surface area contributed by atoms with Crippen LogP contribution >= 0.6 is 0 Å². The predicted molar refractivity (Wildman–Crippen MR) is 115 cm³/mol. The summed E-state index contributed by atoms with van der Waals surface area (Å²) < 4.78 is 0. The molecule has 0 spiro atoms. The molecule has 0 aromatic heterocycles. The molecule has 0 rings (SSSR count). The minimum Gasteiger partial charge on any atom is -1.00 e. The molecule has 0 amide bonds. The Labute approximate surface area is 177 Å². The van der Waals surface area contributed by atoms with Crippen molar-refractivity contribution in [3.63, 3.8) is 0 Å². The van der Waals surface area contributed by atoms with Gasteiger partial charge in [0.2, 0.25) is 0 Å². The van der Waals surface area contributed by atoms with Crippen LogP contribution < -0.4 is 22.7 Å². The molecule has 0 aromatic carbocycles. The highest BCUT2D eigenvalue weighted by atomic mass is 79.9. The van der Waals surface area contributed by atoms with Gasteiger partial charge in [0, 0.05) is 0 Å². The summed E-state index contributed by atoms with van der Waals surface area (Å²) in [4.78, 5) is 0. The zero-order valence-electron chi connectivity index (χ0n) is 18.7. The first-order valence-electron chi connectivity index (χ1n) is 12.0. The lowest BCUT2D eigenvalue weighted by Crippen LogP contribution is -3.00. The lowest BCUT2D eigenvalue weighted by molar-refractivity contribution is -0.368. The van der Waals surface area contributed by atoms with E-state index in [1.807, 2.05) is 0 Å². The molecule has 0 unspecified atom stereocenters. The zero-order valence-corrected chi connectivity index (χ0v) is 20.3.